The van der Waals surface area contributed by atoms with Crippen LogP contribution in [0.15, 0.2) is 18.2 Å². The molecule has 90 valence electrons. The molecule has 0 saturated carbocycles. The number of aliphatic hydroxyl groups is 1. The monoisotopic (exact) mass is 221 g/mol. The number of hydrogen-bond acceptors (Lipinski definition) is 2. The first-order chi connectivity index (χ1) is 7.34. The van der Waals surface area contributed by atoms with Crippen LogP contribution in [0.1, 0.15) is 25.0 Å². The Labute approximate surface area is 98.9 Å². The van der Waals surface area contributed by atoms with Crippen molar-refractivity contribution in [2.45, 2.75) is 27.7 Å². The van der Waals surface area contributed by atoms with Crippen molar-refractivity contribution in [3.63, 3.8) is 0 Å². The van der Waals surface area contributed by atoms with Gasteiger partial charge < -0.3 is 10.0 Å². The van der Waals surface area contributed by atoms with Crippen LogP contribution in [0.5, 0.6) is 0 Å². The van der Waals surface area contributed by atoms with Crippen molar-refractivity contribution in [1.29, 1.82) is 0 Å². The average Bonchev–Trinajstić information content (AvgIpc) is 2.15. The minimum absolute atomic E-state index is 0.0631. The Morgan fingerprint density at radius 3 is 2.06 bits per heavy atom. The van der Waals surface area contributed by atoms with Gasteiger partial charge in [0, 0.05) is 31.3 Å². The van der Waals surface area contributed by atoms with Gasteiger partial charge in [-0.3, -0.25) is 0 Å². The van der Waals surface area contributed by atoms with Gasteiger partial charge in [-0.25, -0.2) is 0 Å². The van der Waals surface area contributed by atoms with Gasteiger partial charge in [-0.15, -0.1) is 0 Å². The molecule has 2 nitrogen and oxygen atoms in total. The molecule has 2 heteroatoms. The first-order valence-corrected chi connectivity index (χ1v) is 5.74. The molecule has 0 aliphatic carbocycles. The van der Waals surface area contributed by atoms with Crippen LogP contribution in [0, 0.1) is 19.3 Å². The van der Waals surface area contributed by atoms with E-state index in [1.54, 1.807) is 0 Å². The Balaban J connectivity index is 2.84. The summed E-state index contributed by atoms with van der Waals surface area (Å²) in [6.07, 6.45) is 0. The van der Waals surface area contributed by atoms with Crippen molar-refractivity contribution in [3.05, 3.63) is 29.3 Å². The number of rotatable bonds is 4. The van der Waals surface area contributed by atoms with E-state index in [2.05, 4.69) is 57.8 Å². The van der Waals surface area contributed by atoms with E-state index in [1.165, 1.54) is 16.8 Å². The molecule has 0 amide bonds. The maximum atomic E-state index is 9.27. The molecular formula is C14H23NO. The number of aryl methyl sites for hydroxylation is 2. The third-order valence-electron chi connectivity index (χ3n) is 2.74. The van der Waals surface area contributed by atoms with Crippen LogP contribution in [0.4, 0.5) is 5.69 Å². The van der Waals surface area contributed by atoms with E-state index >= 15 is 0 Å². The highest BCUT2D eigenvalue weighted by Crippen LogP contribution is 2.22. The first-order valence-electron chi connectivity index (χ1n) is 5.74. The number of anilines is 1. The van der Waals surface area contributed by atoms with Crippen LogP contribution in [0.2, 0.25) is 0 Å². The highest BCUT2D eigenvalue weighted by molar-refractivity contribution is 5.50. The maximum absolute atomic E-state index is 9.27. The van der Waals surface area contributed by atoms with Crippen molar-refractivity contribution in [2.75, 3.05) is 25.1 Å². The van der Waals surface area contributed by atoms with Crippen LogP contribution >= 0.6 is 0 Å². The number of aliphatic hydroxyl groups excluding tert-OH is 1. The maximum Gasteiger partial charge on any atom is 0.0499 e. The zero-order valence-electron chi connectivity index (χ0n) is 11.0. The molecule has 1 aromatic rings. The number of hydrogen-bond donors (Lipinski definition) is 1. The van der Waals surface area contributed by atoms with Gasteiger partial charge in [0.1, 0.15) is 0 Å². The molecule has 1 rings (SSSR count). The molecule has 16 heavy (non-hydrogen) atoms. The van der Waals surface area contributed by atoms with Crippen molar-refractivity contribution < 1.29 is 5.11 Å². The van der Waals surface area contributed by atoms with E-state index in [0.29, 0.717) is 0 Å². The fourth-order valence-corrected chi connectivity index (χ4v) is 1.95. The minimum Gasteiger partial charge on any atom is -0.396 e. The number of nitrogens with zero attached hydrogens (tertiary/aromatic N) is 1. The summed E-state index contributed by atoms with van der Waals surface area (Å²) in [7, 11) is 2.08. The Morgan fingerprint density at radius 2 is 1.62 bits per heavy atom. The van der Waals surface area contributed by atoms with Crippen molar-refractivity contribution >= 4 is 5.69 Å². The topological polar surface area (TPSA) is 23.5 Å². The smallest absolute Gasteiger partial charge is 0.0499 e. The molecule has 0 aliphatic heterocycles. The molecule has 0 heterocycles. The zero-order valence-corrected chi connectivity index (χ0v) is 11.0. The fraction of sp³-hybridized carbons (Fsp3) is 0.571. The van der Waals surface area contributed by atoms with E-state index in [4.69, 9.17) is 0 Å². The Morgan fingerprint density at radius 1 is 1.12 bits per heavy atom. The molecule has 0 aromatic heterocycles. The molecule has 0 fully saturated rings. The lowest BCUT2D eigenvalue weighted by atomic mass is 9.94. The van der Waals surface area contributed by atoms with Gasteiger partial charge in [0.2, 0.25) is 0 Å². The van der Waals surface area contributed by atoms with E-state index in [9.17, 15) is 5.11 Å². The minimum atomic E-state index is -0.0631. The second-order valence-electron chi connectivity index (χ2n) is 5.52. The Kier molecular flexibility index (Phi) is 3.98. The van der Waals surface area contributed by atoms with Crippen LogP contribution in [-0.2, 0) is 0 Å². The van der Waals surface area contributed by atoms with Gasteiger partial charge in [0.05, 0.1) is 0 Å². The predicted octanol–water partition coefficient (Wildman–Crippen LogP) is 2.76. The average molecular weight is 221 g/mol. The summed E-state index contributed by atoms with van der Waals surface area (Å²) in [6.45, 7) is 9.44. The van der Waals surface area contributed by atoms with E-state index in [1.807, 2.05) is 0 Å². The van der Waals surface area contributed by atoms with Crippen molar-refractivity contribution in [2.24, 2.45) is 5.41 Å². The molecule has 0 spiro atoms. The van der Waals surface area contributed by atoms with Gasteiger partial charge >= 0.3 is 0 Å². The first kappa shape index (κ1) is 13.0. The summed E-state index contributed by atoms with van der Waals surface area (Å²) in [5.74, 6) is 0. The normalized spacial score (nSPS) is 11.6. The highest BCUT2D eigenvalue weighted by atomic mass is 16.3. The SMILES string of the molecule is Cc1cc(C)cc(N(C)CC(C)(C)CO)c1. The molecule has 0 saturated heterocycles. The standard InChI is InChI=1S/C14H23NO/c1-11-6-12(2)8-13(7-11)15(5)9-14(3,4)10-16/h6-8,16H,9-10H2,1-5H3. The van der Waals surface area contributed by atoms with Crippen LogP contribution in [0.25, 0.3) is 0 Å². The molecule has 0 atom stereocenters. The Hall–Kier alpha value is -1.02. The molecular weight excluding hydrogens is 198 g/mol. The molecule has 0 unspecified atom stereocenters. The summed E-state index contributed by atoms with van der Waals surface area (Å²) in [5.41, 5.74) is 3.72. The van der Waals surface area contributed by atoms with Crippen LogP contribution in [-0.4, -0.2) is 25.3 Å². The molecule has 1 N–H and O–H groups in total. The van der Waals surface area contributed by atoms with Crippen molar-refractivity contribution in [3.8, 4) is 0 Å². The quantitative estimate of drug-likeness (QED) is 0.845. The van der Waals surface area contributed by atoms with Gasteiger partial charge in [-0.05, 0) is 37.1 Å². The molecule has 0 radical (unpaired) electrons. The van der Waals surface area contributed by atoms with Gasteiger partial charge in [0.25, 0.3) is 0 Å². The fourth-order valence-electron chi connectivity index (χ4n) is 1.95. The van der Waals surface area contributed by atoms with E-state index in [-0.39, 0.29) is 12.0 Å². The molecule has 0 aliphatic rings. The molecule has 0 bridgehead atoms. The summed E-state index contributed by atoms with van der Waals surface area (Å²) in [5, 5.41) is 9.27. The second-order valence-corrected chi connectivity index (χ2v) is 5.52. The molecule has 1 aromatic carbocycles. The lowest BCUT2D eigenvalue weighted by molar-refractivity contribution is 0.165. The largest absolute Gasteiger partial charge is 0.396 e. The number of benzene rings is 1. The third kappa shape index (κ3) is 3.53. The highest BCUT2D eigenvalue weighted by Gasteiger charge is 2.19. The van der Waals surface area contributed by atoms with Crippen LogP contribution in [0.3, 0.4) is 0 Å². The lowest BCUT2D eigenvalue weighted by Crippen LogP contribution is -2.33. The van der Waals surface area contributed by atoms with E-state index in [0.717, 1.165) is 6.54 Å². The summed E-state index contributed by atoms with van der Waals surface area (Å²) in [6, 6.07) is 6.54. The summed E-state index contributed by atoms with van der Waals surface area (Å²) in [4.78, 5) is 2.20. The predicted molar refractivity (Wildman–Crippen MR) is 70.1 cm³/mol. The zero-order chi connectivity index (χ0) is 12.3. The third-order valence-corrected chi connectivity index (χ3v) is 2.74. The van der Waals surface area contributed by atoms with Gasteiger partial charge in [-0.2, -0.15) is 0 Å². The van der Waals surface area contributed by atoms with Gasteiger partial charge in [0.15, 0.2) is 0 Å². The van der Waals surface area contributed by atoms with Gasteiger partial charge in [-0.1, -0.05) is 19.9 Å². The van der Waals surface area contributed by atoms with Crippen molar-refractivity contribution in [1.82, 2.24) is 0 Å². The van der Waals surface area contributed by atoms with E-state index < -0.39 is 0 Å². The van der Waals surface area contributed by atoms with Crippen LogP contribution < -0.4 is 4.90 Å². The summed E-state index contributed by atoms with van der Waals surface area (Å²) < 4.78 is 0. The lowest BCUT2D eigenvalue weighted by Gasteiger charge is -2.30. The second kappa shape index (κ2) is 4.88. The Bertz CT molecular complexity index is 338. The summed E-state index contributed by atoms with van der Waals surface area (Å²) >= 11 is 0.